The van der Waals surface area contributed by atoms with Crippen LogP contribution in [0.4, 0.5) is 4.39 Å². The molecule has 0 aromatic heterocycles. The summed E-state index contributed by atoms with van der Waals surface area (Å²) in [7, 11) is 0. The molecule has 0 aliphatic heterocycles. The summed E-state index contributed by atoms with van der Waals surface area (Å²) in [6.07, 6.45) is 3.07. The quantitative estimate of drug-likeness (QED) is 0.838. The molecule has 1 N–H and O–H groups in total. The van der Waals surface area contributed by atoms with Gasteiger partial charge in [-0.15, -0.1) is 0 Å². The molecule has 0 aliphatic rings. The van der Waals surface area contributed by atoms with E-state index >= 15 is 0 Å². The van der Waals surface area contributed by atoms with Crippen molar-refractivity contribution in [2.45, 2.75) is 46.6 Å². The summed E-state index contributed by atoms with van der Waals surface area (Å²) >= 11 is 0. The van der Waals surface area contributed by atoms with Crippen LogP contribution in [0.15, 0.2) is 23.8 Å². The van der Waals surface area contributed by atoms with Gasteiger partial charge in [-0.3, -0.25) is 0 Å². The third-order valence-electron chi connectivity index (χ3n) is 2.90. The highest BCUT2D eigenvalue weighted by atomic mass is 19.1. The molecule has 0 amide bonds. The molecular weight excluding hydrogens is 225 g/mol. The highest BCUT2D eigenvalue weighted by Gasteiger charge is 2.09. The largest absolute Gasteiger partial charge is 0.308 e. The molecule has 0 radical (unpaired) electrons. The van der Waals surface area contributed by atoms with Gasteiger partial charge in [-0.05, 0) is 57.4 Å². The molecule has 0 saturated carbocycles. The van der Waals surface area contributed by atoms with Gasteiger partial charge in [0, 0.05) is 12.1 Å². The number of nitrogens with one attached hydrogen (secondary N) is 1. The van der Waals surface area contributed by atoms with Gasteiger partial charge in [0.2, 0.25) is 0 Å². The first-order chi connectivity index (χ1) is 8.31. The zero-order chi connectivity index (χ0) is 13.8. The molecule has 1 aromatic carbocycles. The number of hydrogen-bond donors (Lipinski definition) is 1. The molecule has 18 heavy (non-hydrogen) atoms. The van der Waals surface area contributed by atoms with E-state index in [0.29, 0.717) is 0 Å². The van der Waals surface area contributed by atoms with Gasteiger partial charge in [0.1, 0.15) is 5.82 Å². The van der Waals surface area contributed by atoms with Crippen LogP contribution in [-0.4, -0.2) is 12.1 Å². The molecule has 0 saturated heterocycles. The Morgan fingerprint density at radius 1 is 1.33 bits per heavy atom. The van der Waals surface area contributed by atoms with Gasteiger partial charge < -0.3 is 5.32 Å². The van der Waals surface area contributed by atoms with Gasteiger partial charge in [-0.2, -0.15) is 0 Å². The standard InChI is InChI=1S/C16H24FN/c1-6-13(11-18-16(3,4)5)9-14-10-15(17)8-7-12(14)2/h7-10,18H,6,11H2,1-5H3/b13-9-. The maximum Gasteiger partial charge on any atom is 0.123 e. The molecule has 0 heterocycles. The average Bonchev–Trinajstić information content (AvgIpc) is 2.27. The van der Waals surface area contributed by atoms with E-state index in [4.69, 9.17) is 0 Å². The van der Waals surface area contributed by atoms with Crippen molar-refractivity contribution in [3.05, 3.63) is 40.7 Å². The highest BCUT2D eigenvalue weighted by molar-refractivity contribution is 5.56. The first-order valence-corrected chi connectivity index (χ1v) is 6.52. The maximum absolute atomic E-state index is 13.2. The van der Waals surface area contributed by atoms with E-state index in [1.54, 1.807) is 6.07 Å². The lowest BCUT2D eigenvalue weighted by molar-refractivity contribution is 0.443. The summed E-state index contributed by atoms with van der Waals surface area (Å²) in [5.74, 6) is -0.175. The van der Waals surface area contributed by atoms with Gasteiger partial charge in [0.15, 0.2) is 0 Å². The normalized spacial score (nSPS) is 12.9. The predicted molar refractivity (Wildman–Crippen MR) is 77.2 cm³/mol. The molecule has 0 unspecified atom stereocenters. The average molecular weight is 249 g/mol. The predicted octanol–water partition coefficient (Wildman–Crippen LogP) is 4.32. The third-order valence-corrected chi connectivity index (χ3v) is 2.90. The number of benzene rings is 1. The molecule has 0 spiro atoms. The second-order valence-corrected chi connectivity index (χ2v) is 5.76. The minimum atomic E-state index is -0.175. The van der Waals surface area contributed by atoms with Crippen LogP contribution >= 0.6 is 0 Å². The van der Waals surface area contributed by atoms with E-state index in [0.717, 1.165) is 24.1 Å². The smallest absolute Gasteiger partial charge is 0.123 e. The molecule has 0 atom stereocenters. The van der Waals surface area contributed by atoms with Gasteiger partial charge in [0.05, 0.1) is 0 Å². The van der Waals surface area contributed by atoms with Crippen LogP contribution in [0.1, 0.15) is 45.2 Å². The maximum atomic E-state index is 13.2. The van der Waals surface area contributed by atoms with Crippen LogP contribution in [0, 0.1) is 12.7 Å². The molecular formula is C16H24FN. The fourth-order valence-electron chi connectivity index (χ4n) is 1.64. The van der Waals surface area contributed by atoms with Crippen molar-refractivity contribution in [1.82, 2.24) is 5.32 Å². The zero-order valence-electron chi connectivity index (χ0n) is 12.1. The summed E-state index contributed by atoms with van der Waals surface area (Å²) in [4.78, 5) is 0. The third kappa shape index (κ3) is 5.01. The van der Waals surface area contributed by atoms with Crippen LogP contribution in [0.25, 0.3) is 6.08 Å². The highest BCUT2D eigenvalue weighted by Crippen LogP contribution is 2.16. The van der Waals surface area contributed by atoms with E-state index in [1.165, 1.54) is 11.6 Å². The molecule has 0 fully saturated rings. The van der Waals surface area contributed by atoms with Crippen molar-refractivity contribution in [2.75, 3.05) is 6.54 Å². The van der Waals surface area contributed by atoms with Crippen LogP contribution in [0.3, 0.4) is 0 Å². The molecule has 0 bridgehead atoms. The SMILES string of the molecule is CC/C(=C/c1cc(F)ccc1C)CNC(C)(C)C. The lowest BCUT2D eigenvalue weighted by Crippen LogP contribution is -2.36. The van der Waals surface area contributed by atoms with Crippen LogP contribution in [0.5, 0.6) is 0 Å². The van der Waals surface area contributed by atoms with E-state index < -0.39 is 0 Å². The molecule has 1 aromatic rings. The molecule has 2 heteroatoms. The summed E-state index contributed by atoms with van der Waals surface area (Å²) in [6, 6.07) is 4.93. The van der Waals surface area contributed by atoms with Crippen molar-refractivity contribution in [3.63, 3.8) is 0 Å². The van der Waals surface area contributed by atoms with Crippen LogP contribution in [0.2, 0.25) is 0 Å². The Kier molecular flexibility index (Phi) is 5.09. The van der Waals surface area contributed by atoms with E-state index in [9.17, 15) is 4.39 Å². The Bertz CT molecular complexity index is 427. The lowest BCUT2D eigenvalue weighted by atomic mass is 10.0. The molecule has 1 rings (SSSR count). The van der Waals surface area contributed by atoms with Gasteiger partial charge >= 0.3 is 0 Å². The second kappa shape index (κ2) is 6.14. The van der Waals surface area contributed by atoms with Crippen LogP contribution < -0.4 is 5.32 Å². The Labute approximate surface area is 110 Å². The van der Waals surface area contributed by atoms with Gasteiger partial charge in [0.25, 0.3) is 0 Å². The topological polar surface area (TPSA) is 12.0 Å². The Morgan fingerprint density at radius 3 is 2.56 bits per heavy atom. The fourth-order valence-corrected chi connectivity index (χ4v) is 1.64. The number of rotatable bonds is 4. The van der Waals surface area contributed by atoms with Crippen molar-refractivity contribution < 1.29 is 4.39 Å². The minimum Gasteiger partial charge on any atom is -0.308 e. The number of aryl methyl sites for hydroxylation is 1. The molecule has 0 aliphatic carbocycles. The van der Waals surface area contributed by atoms with E-state index in [2.05, 4.69) is 39.1 Å². The van der Waals surface area contributed by atoms with E-state index in [1.807, 2.05) is 13.0 Å². The monoisotopic (exact) mass is 249 g/mol. The minimum absolute atomic E-state index is 0.102. The van der Waals surface area contributed by atoms with E-state index in [-0.39, 0.29) is 11.4 Å². The fraction of sp³-hybridized carbons (Fsp3) is 0.500. The van der Waals surface area contributed by atoms with Crippen molar-refractivity contribution in [3.8, 4) is 0 Å². The lowest BCUT2D eigenvalue weighted by Gasteiger charge is -2.21. The molecule has 1 nitrogen and oxygen atoms in total. The van der Waals surface area contributed by atoms with Crippen LogP contribution in [-0.2, 0) is 0 Å². The number of hydrogen-bond acceptors (Lipinski definition) is 1. The first-order valence-electron chi connectivity index (χ1n) is 6.52. The summed E-state index contributed by atoms with van der Waals surface area (Å²) in [5, 5.41) is 3.47. The van der Waals surface area contributed by atoms with Crippen molar-refractivity contribution in [1.29, 1.82) is 0 Å². The zero-order valence-corrected chi connectivity index (χ0v) is 12.1. The van der Waals surface area contributed by atoms with Crippen molar-refractivity contribution in [2.24, 2.45) is 0 Å². The number of halogens is 1. The first kappa shape index (κ1) is 14.9. The second-order valence-electron chi connectivity index (χ2n) is 5.76. The summed E-state index contributed by atoms with van der Waals surface area (Å²) in [6.45, 7) is 11.4. The Balaban J connectivity index is 2.87. The van der Waals surface area contributed by atoms with Crippen molar-refractivity contribution >= 4 is 6.08 Å². The molecule has 100 valence electrons. The van der Waals surface area contributed by atoms with Gasteiger partial charge in [-0.25, -0.2) is 4.39 Å². The van der Waals surface area contributed by atoms with Gasteiger partial charge in [-0.1, -0.05) is 24.6 Å². The Morgan fingerprint density at radius 2 is 2.00 bits per heavy atom. The Hall–Kier alpha value is -1.15. The summed E-state index contributed by atoms with van der Waals surface area (Å²) in [5.41, 5.74) is 3.48. The summed E-state index contributed by atoms with van der Waals surface area (Å²) < 4.78 is 13.2.